The molecule has 3 fully saturated rings. The molecular formula is C33H38N6O. The van der Waals surface area contributed by atoms with Crippen LogP contribution in [0.3, 0.4) is 0 Å². The zero-order valence-corrected chi connectivity index (χ0v) is 23.4. The van der Waals surface area contributed by atoms with Crippen LogP contribution >= 0.6 is 0 Å². The van der Waals surface area contributed by atoms with Gasteiger partial charge >= 0.3 is 0 Å². The lowest BCUT2D eigenvalue weighted by Gasteiger charge is -2.34. The van der Waals surface area contributed by atoms with Crippen LogP contribution in [0, 0.1) is 5.92 Å². The predicted octanol–water partition coefficient (Wildman–Crippen LogP) is 4.82. The lowest BCUT2D eigenvalue weighted by atomic mass is 10.0. The number of nitrogens with one attached hydrogen (secondary N) is 1. The molecule has 2 saturated heterocycles. The topological polar surface area (TPSA) is 58.7 Å². The van der Waals surface area contributed by atoms with Crippen LogP contribution in [0.5, 0.6) is 0 Å². The third-order valence-electron chi connectivity index (χ3n) is 8.92. The van der Waals surface area contributed by atoms with E-state index in [9.17, 15) is 4.79 Å². The number of H-pyrrole nitrogens is 1. The Kier molecular flexibility index (Phi) is 6.77. The molecule has 1 aliphatic carbocycles. The van der Waals surface area contributed by atoms with Crippen LogP contribution in [0.1, 0.15) is 23.2 Å². The normalized spacial score (nSPS) is 18.9. The summed E-state index contributed by atoms with van der Waals surface area (Å²) in [5.41, 5.74) is 7.37. The first-order valence-electron chi connectivity index (χ1n) is 14.7. The minimum atomic E-state index is 0.139. The summed E-state index contributed by atoms with van der Waals surface area (Å²) in [5, 5.41) is 1.09. The van der Waals surface area contributed by atoms with E-state index in [1.807, 2.05) is 29.4 Å². The quantitative estimate of drug-likeness (QED) is 0.385. The summed E-state index contributed by atoms with van der Waals surface area (Å²) in [6.07, 6.45) is 6.72. The highest BCUT2D eigenvalue weighted by molar-refractivity contribution is 5.98. The molecular weight excluding hydrogens is 496 g/mol. The van der Waals surface area contributed by atoms with Crippen molar-refractivity contribution in [3.63, 3.8) is 0 Å². The first-order chi connectivity index (χ1) is 19.6. The predicted molar refractivity (Wildman–Crippen MR) is 162 cm³/mol. The van der Waals surface area contributed by atoms with Gasteiger partial charge < -0.3 is 19.7 Å². The Hall–Kier alpha value is -3.68. The fourth-order valence-corrected chi connectivity index (χ4v) is 6.10. The Labute approximate surface area is 236 Å². The van der Waals surface area contributed by atoms with Gasteiger partial charge in [-0.3, -0.25) is 9.69 Å². The van der Waals surface area contributed by atoms with Gasteiger partial charge in [0.15, 0.2) is 0 Å². The minimum absolute atomic E-state index is 0.139. The Morgan fingerprint density at radius 1 is 0.850 bits per heavy atom. The van der Waals surface area contributed by atoms with Crippen molar-refractivity contribution >= 4 is 22.6 Å². The highest BCUT2D eigenvalue weighted by atomic mass is 16.2. The third kappa shape index (κ3) is 5.23. The molecule has 2 aromatic carbocycles. The van der Waals surface area contributed by atoms with E-state index in [0.717, 1.165) is 97.1 Å². The molecule has 7 heteroatoms. The number of anilines is 1. The van der Waals surface area contributed by atoms with Gasteiger partial charge in [-0.25, -0.2) is 4.98 Å². The van der Waals surface area contributed by atoms with Crippen molar-refractivity contribution in [2.75, 3.05) is 70.9 Å². The number of nitrogens with zero attached hydrogens (tertiary/aromatic N) is 5. The number of carbonyl (C=O) groups excluding carboxylic acids is 1. The van der Waals surface area contributed by atoms with Crippen molar-refractivity contribution in [3.05, 3.63) is 72.6 Å². The maximum atomic E-state index is 13.2. The highest BCUT2D eigenvalue weighted by Crippen LogP contribution is 2.32. The van der Waals surface area contributed by atoms with E-state index >= 15 is 0 Å². The summed E-state index contributed by atoms with van der Waals surface area (Å²) in [6.45, 7) is 9.17. The largest absolute Gasteiger partial charge is 0.369 e. The summed E-state index contributed by atoms with van der Waals surface area (Å²) in [5.74, 6) is 1.04. The number of hydrogen-bond donors (Lipinski definition) is 1. The number of benzene rings is 2. The molecule has 4 aromatic rings. The third-order valence-corrected chi connectivity index (χ3v) is 8.92. The zero-order valence-electron chi connectivity index (χ0n) is 23.4. The molecule has 0 unspecified atom stereocenters. The summed E-state index contributed by atoms with van der Waals surface area (Å²) in [7, 11) is 2.19. The fourth-order valence-electron chi connectivity index (χ4n) is 6.10. The van der Waals surface area contributed by atoms with E-state index in [4.69, 9.17) is 4.98 Å². The maximum Gasteiger partial charge on any atom is 0.253 e. The molecule has 0 bridgehead atoms. The second-order valence-corrected chi connectivity index (χ2v) is 11.8. The van der Waals surface area contributed by atoms with Crippen molar-refractivity contribution < 1.29 is 4.79 Å². The standard InChI is InChI=1S/C33H38N6O/c1-36-12-16-38(17-13-36)29-10-8-25(9-11-29)28-20-30-31(22-35-32(30)34-21-28)26-4-6-27(7-5-26)33(40)39-18-14-37(15-19-39)23-24-2-3-24/h4-11,20-22,24H,2-3,12-19,23H2,1H3,(H,34,35). The number of amides is 1. The number of carbonyl (C=O) groups is 1. The van der Waals surface area contributed by atoms with E-state index in [0.29, 0.717) is 0 Å². The molecule has 2 aliphatic heterocycles. The SMILES string of the molecule is CN1CCN(c2ccc(-c3cnc4[nH]cc(-c5ccc(C(=O)N6CCN(CC7CC7)CC6)cc5)c4c3)cc2)CC1. The Bertz CT molecular complexity index is 1470. The van der Waals surface area contributed by atoms with Crippen molar-refractivity contribution in [1.29, 1.82) is 0 Å². The smallest absolute Gasteiger partial charge is 0.253 e. The number of hydrogen-bond acceptors (Lipinski definition) is 5. The van der Waals surface area contributed by atoms with Crippen LogP contribution in [0.25, 0.3) is 33.3 Å². The van der Waals surface area contributed by atoms with Crippen molar-refractivity contribution in [3.8, 4) is 22.3 Å². The van der Waals surface area contributed by atoms with Crippen LogP contribution in [0.15, 0.2) is 67.0 Å². The number of piperazine rings is 2. The van der Waals surface area contributed by atoms with E-state index in [1.54, 1.807) is 0 Å². The summed E-state index contributed by atoms with van der Waals surface area (Å²) >= 11 is 0. The molecule has 4 heterocycles. The molecule has 7 nitrogen and oxygen atoms in total. The number of pyridine rings is 1. The van der Waals surface area contributed by atoms with E-state index in [1.165, 1.54) is 25.1 Å². The molecule has 7 rings (SSSR count). The average molecular weight is 535 g/mol. The number of aromatic nitrogens is 2. The maximum absolute atomic E-state index is 13.2. The van der Waals surface area contributed by atoms with Crippen LogP contribution in [0.4, 0.5) is 5.69 Å². The molecule has 206 valence electrons. The molecule has 2 aromatic heterocycles. The van der Waals surface area contributed by atoms with Crippen LogP contribution in [-0.4, -0.2) is 96.5 Å². The first-order valence-corrected chi connectivity index (χ1v) is 14.7. The van der Waals surface area contributed by atoms with Gasteiger partial charge in [0.25, 0.3) is 5.91 Å². The molecule has 0 spiro atoms. The molecule has 0 atom stereocenters. The van der Waals surface area contributed by atoms with Crippen molar-refractivity contribution in [2.45, 2.75) is 12.8 Å². The van der Waals surface area contributed by atoms with E-state index in [2.05, 4.69) is 69.2 Å². The lowest BCUT2D eigenvalue weighted by Crippen LogP contribution is -2.49. The number of rotatable bonds is 6. The van der Waals surface area contributed by atoms with Crippen molar-refractivity contribution in [2.24, 2.45) is 5.92 Å². The van der Waals surface area contributed by atoms with Crippen LogP contribution in [0.2, 0.25) is 0 Å². The van der Waals surface area contributed by atoms with E-state index < -0.39 is 0 Å². The number of aromatic amines is 1. The fraction of sp³-hybridized carbons (Fsp3) is 0.394. The second kappa shape index (κ2) is 10.7. The number of fused-ring (bicyclic) bond motifs is 1. The average Bonchev–Trinajstić information content (AvgIpc) is 3.72. The molecule has 1 saturated carbocycles. The molecule has 3 aliphatic rings. The van der Waals surface area contributed by atoms with Gasteiger partial charge in [0.05, 0.1) is 0 Å². The van der Waals surface area contributed by atoms with Crippen LogP contribution < -0.4 is 4.90 Å². The van der Waals surface area contributed by atoms with Gasteiger partial charge in [-0.15, -0.1) is 0 Å². The Morgan fingerprint density at radius 2 is 1.55 bits per heavy atom. The van der Waals surface area contributed by atoms with Gasteiger partial charge in [0, 0.05) is 99.1 Å². The van der Waals surface area contributed by atoms with Gasteiger partial charge in [-0.05, 0) is 67.3 Å². The van der Waals surface area contributed by atoms with Gasteiger partial charge in [-0.1, -0.05) is 24.3 Å². The molecule has 1 N–H and O–H groups in total. The molecule has 1 amide bonds. The number of likely N-dealkylation sites (N-methyl/N-ethyl adjacent to an activating group) is 1. The Balaban J connectivity index is 1.06. The lowest BCUT2D eigenvalue weighted by molar-refractivity contribution is 0.0632. The molecule has 40 heavy (non-hydrogen) atoms. The minimum Gasteiger partial charge on any atom is -0.369 e. The Morgan fingerprint density at radius 3 is 2.25 bits per heavy atom. The van der Waals surface area contributed by atoms with E-state index in [-0.39, 0.29) is 5.91 Å². The first kappa shape index (κ1) is 25.3. The highest BCUT2D eigenvalue weighted by Gasteiger charge is 2.28. The van der Waals surface area contributed by atoms with Gasteiger partial charge in [0.1, 0.15) is 5.65 Å². The summed E-state index contributed by atoms with van der Waals surface area (Å²) in [4.78, 5) is 30.6. The van der Waals surface area contributed by atoms with Gasteiger partial charge in [0.2, 0.25) is 0 Å². The van der Waals surface area contributed by atoms with Gasteiger partial charge in [-0.2, -0.15) is 0 Å². The van der Waals surface area contributed by atoms with Crippen LogP contribution in [-0.2, 0) is 0 Å². The zero-order chi connectivity index (χ0) is 27.1. The summed E-state index contributed by atoms with van der Waals surface area (Å²) in [6, 6.07) is 19.2. The molecule has 0 radical (unpaired) electrons. The second-order valence-electron chi connectivity index (χ2n) is 11.8. The summed E-state index contributed by atoms with van der Waals surface area (Å²) < 4.78 is 0. The van der Waals surface area contributed by atoms with Crippen molar-refractivity contribution in [1.82, 2.24) is 24.7 Å². The monoisotopic (exact) mass is 534 g/mol.